The van der Waals surface area contributed by atoms with Crippen LogP contribution in [0.1, 0.15) is 49.1 Å². The maximum Gasteiger partial charge on any atom is 0.261 e. The number of rotatable bonds is 5. The van der Waals surface area contributed by atoms with Crippen LogP contribution in [0, 0.1) is 13.8 Å². The number of nitrogens with zero attached hydrogens (tertiary/aromatic N) is 1. The predicted octanol–water partition coefficient (Wildman–Crippen LogP) is 3.65. The molecule has 0 bridgehead atoms. The van der Waals surface area contributed by atoms with Crippen molar-refractivity contribution in [2.24, 2.45) is 0 Å². The maximum absolute atomic E-state index is 12.2. The van der Waals surface area contributed by atoms with Crippen LogP contribution < -0.4 is 5.32 Å². The summed E-state index contributed by atoms with van der Waals surface area (Å²) >= 11 is 3.25. The molecule has 1 fully saturated rings. The summed E-state index contributed by atoms with van der Waals surface area (Å²) < 4.78 is 5.66. The van der Waals surface area contributed by atoms with E-state index in [1.807, 2.05) is 19.1 Å². The van der Waals surface area contributed by atoms with Gasteiger partial charge in [0.2, 0.25) is 0 Å². The molecule has 2 aromatic heterocycles. The van der Waals surface area contributed by atoms with Crippen molar-refractivity contribution in [3.63, 3.8) is 0 Å². The summed E-state index contributed by atoms with van der Waals surface area (Å²) in [6.45, 7) is 5.55. The first-order valence-corrected chi connectivity index (χ1v) is 9.19. The highest BCUT2D eigenvalue weighted by molar-refractivity contribution is 7.14. The molecule has 3 rings (SSSR count). The first-order valence-electron chi connectivity index (χ1n) is 7.56. The minimum atomic E-state index is -0.000697. The van der Waals surface area contributed by atoms with Crippen molar-refractivity contribution in [3.8, 4) is 0 Å². The Labute approximate surface area is 138 Å². The predicted molar refractivity (Wildman–Crippen MR) is 89.9 cm³/mol. The number of carbonyl (C=O) groups is 1. The lowest BCUT2D eigenvalue weighted by Gasteiger charge is -2.05. The van der Waals surface area contributed by atoms with Gasteiger partial charge < -0.3 is 10.1 Å². The van der Waals surface area contributed by atoms with Gasteiger partial charge in [0.05, 0.1) is 21.7 Å². The van der Waals surface area contributed by atoms with Crippen molar-refractivity contribution in [1.82, 2.24) is 10.3 Å². The fourth-order valence-corrected chi connectivity index (χ4v) is 4.41. The number of thiophene rings is 1. The largest absolute Gasteiger partial charge is 0.373 e. The SMILES string of the molecule is Cc1nc(CCNC(=O)c2ccc([C@@H]3CCCO3)s2)sc1C. The summed E-state index contributed by atoms with van der Waals surface area (Å²) in [6, 6.07) is 3.91. The second-order valence-electron chi connectivity index (χ2n) is 5.46. The Morgan fingerprint density at radius 2 is 2.27 bits per heavy atom. The molecule has 22 heavy (non-hydrogen) atoms. The van der Waals surface area contributed by atoms with Crippen molar-refractivity contribution in [1.29, 1.82) is 0 Å². The number of aromatic nitrogens is 1. The molecule has 0 saturated carbocycles. The van der Waals surface area contributed by atoms with E-state index in [2.05, 4.69) is 17.2 Å². The third kappa shape index (κ3) is 3.56. The van der Waals surface area contributed by atoms with Crippen molar-refractivity contribution in [3.05, 3.63) is 37.5 Å². The highest BCUT2D eigenvalue weighted by Crippen LogP contribution is 2.33. The van der Waals surface area contributed by atoms with Crippen molar-refractivity contribution in [2.75, 3.05) is 13.2 Å². The van der Waals surface area contributed by atoms with E-state index in [-0.39, 0.29) is 12.0 Å². The second-order valence-corrected chi connectivity index (χ2v) is 7.86. The van der Waals surface area contributed by atoms with Gasteiger partial charge in [-0.15, -0.1) is 22.7 Å². The Bertz CT molecular complexity index is 637. The van der Waals surface area contributed by atoms with Crippen LogP contribution in [0.5, 0.6) is 0 Å². The monoisotopic (exact) mass is 336 g/mol. The van der Waals surface area contributed by atoms with Gasteiger partial charge in [-0.2, -0.15) is 0 Å². The van der Waals surface area contributed by atoms with E-state index >= 15 is 0 Å². The normalized spacial score (nSPS) is 17.8. The lowest BCUT2D eigenvalue weighted by Crippen LogP contribution is -2.24. The number of ether oxygens (including phenoxy) is 1. The molecule has 118 valence electrons. The summed E-state index contributed by atoms with van der Waals surface area (Å²) in [6.07, 6.45) is 3.14. The topological polar surface area (TPSA) is 51.2 Å². The molecule has 1 atom stereocenters. The van der Waals surface area contributed by atoms with Crippen LogP contribution in [-0.4, -0.2) is 24.0 Å². The van der Waals surface area contributed by atoms with E-state index in [1.54, 1.807) is 22.7 Å². The number of aryl methyl sites for hydroxylation is 2. The summed E-state index contributed by atoms with van der Waals surface area (Å²) in [5.41, 5.74) is 1.09. The quantitative estimate of drug-likeness (QED) is 0.907. The van der Waals surface area contributed by atoms with Gasteiger partial charge in [-0.05, 0) is 38.8 Å². The van der Waals surface area contributed by atoms with E-state index in [1.165, 1.54) is 4.88 Å². The molecule has 1 aliphatic heterocycles. The smallest absolute Gasteiger partial charge is 0.261 e. The molecule has 0 unspecified atom stereocenters. The summed E-state index contributed by atoms with van der Waals surface area (Å²) in [5, 5.41) is 4.06. The molecule has 4 nitrogen and oxygen atoms in total. The second kappa shape index (κ2) is 6.89. The first kappa shape index (κ1) is 15.6. The number of nitrogens with one attached hydrogen (secondary N) is 1. The van der Waals surface area contributed by atoms with Gasteiger partial charge in [-0.25, -0.2) is 4.98 Å². The van der Waals surface area contributed by atoms with Crippen LogP contribution in [0.3, 0.4) is 0 Å². The molecule has 1 aliphatic rings. The van der Waals surface area contributed by atoms with E-state index in [4.69, 9.17) is 4.74 Å². The molecule has 0 radical (unpaired) electrons. The summed E-state index contributed by atoms with van der Waals surface area (Å²) in [4.78, 5) is 19.8. The van der Waals surface area contributed by atoms with Crippen LogP contribution in [0.2, 0.25) is 0 Å². The molecule has 2 aromatic rings. The fraction of sp³-hybridized carbons (Fsp3) is 0.500. The highest BCUT2D eigenvalue weighted by atomic mass is 32.1. The third-order valence-corrected chi connectivity index (χ3v) is 6.10. The molecule has 0 aromatic carbocycles. The Kier molecular flexibility index (Phi) is 4.90. The number of amides is 1. The van der Waals surface area contributed by atoms with E-state index in [0.29, 0.717) is 6.54 Å². The molecule has 0 aliphatic carbocycles. The molecule has 1 saturated heterocycles. The van der Waals surface area contributed by atoms with Crippen LogP contribution in [0.25, 0.3) is 0 Å². The number of hydrogen-bond donors (Lipinski definition) is 1. The first-order chi connectivity index (χ1) is 10.6. The van der Waals surface area contributed by atoms with Crippen molar-refractivity contribution in [2.45, 2.75) is 39.2 Å². The third-order valence-electron chi connectivity index (χ3n) is 3.79. The van der Waals surface area contributed by atoms with Gasteiger partial charge in [0.1, 0.15) is 0 Å². The van der Waals surface area contributed by atoms with Crippen LogP contribution in [0.15, 0.2) is 12.1 Å². The Hall–Kier alpha value is -1.24. The van der Waals surface area contributed by atoms with Crippen LogP contribution >= 0.6 is 22.7 Å². The number of thiazole rings is 1. The van der Waals surface area contributed by atoms with Gasteiger partial charge in [0, 0.05) is 29.3 Å². The lowest BCUT2D eigenvalue weighted by molar-refractivity contribution is 0.0958. The molecule has 0 spiro atoms. The van der Waals surface area contributed by atoms with Gasteiger partial charge in [-0.1, -0.05) is 0 Å². The number of hydrogen-bond acceptors (Lipinski definition) is 5. The van der Waals surface area contributed by atoms with Crippen LogP contribution in [-0.2, 0) is 11.2 Å². The maximum atomic E-state index is 12.2. The van der Waals surface area contributed by atoms with Gasteiger partial charge in [-0.3, -0.25) is 4.79 Å². The van der Waals surface area contributed by atoms with Crippen LogP contribution in [0.4, 0.5) is 0 Å². The molecule has 3 heterocycles. The lowest BCUT2D eigenvalue weighted by atomic mass is 10.2. The molecule has 1 amide bonds. The van der Waals surface area contributed by atoms with E-state index in [9.17, 15) is 4.79 Å². The zero-order chi connectivity index (χ0) is 15.5. The van der Waals surface area contributed by atoms with Gasteiger partial charge in [0.25, 0.3) is 5.91 Å². The van der Waals surface area contributed by atoms with Gasteiger partial charge in [0.15, 0.2) is 0 Å². The molecular weight excluding hydrogens is 316 g/mol. The zero-order valence-corrected chi connectivity index (χ0v) is 14.5. The van der Waals surface area contributed by atoms with E-state index in [0.717, 1.165) is 46.3 Å². The fourth-order valence-electron chi connectivity index (χ4n) is 2.47. The van der Waals surface area contributed by atoms with E-state index < -0.39 is 0 Å². The summed E-state index contributed by atoms with van der Waals surface area (Å²) in [7, 11) is 0. The average Bonchev–Trinajstić information content (AvgIpc) is 3.21. The minimum Gasteiger partial charge on any atom is -0.373 e. The van der Waals surface area contributed by atoms with Crippen molar-refractivity contribution >= 4 is 28.6 Å². The van der Waals surface area contributed by atoms with Crippen molar-refractivity contribution < 1.29 is 9.53 Å². The minimum absolute atomic E-state index is 0.000697. The Morgan fingerprint density at radius 1 is 1.41 bits per heavy atom. The molecule has 6 heteroatoms. The molecular formula is C16H20N2O2S2. The zero-order valence-electron chi connectivity index (χ0n) is 12.8. The summed E-state index contributed by atoms with van der Waals surface area (Å²) in [5.74, 6) is -0.000697. The molecule has 1 N–H and O–H groups in total. The highest BCUT2D eigenvalue weighted by Gasteiger charge is 2.20. The Morgan fingerprint density at radius 3 is 2.95 bits per heavy atom. The number of carbonyl (C=O) groups excluding carboxylic acids is 1. The average molecular weight is 336 g/mol. The van der Waals surface area contributed by atoms with Gasteiger partial charge >= 0.3 is 0 Å². The Balaban J connectivity index is 1.51. The standard InChI is InChI=1S/C16H20N2O2S2/c1-10-11(2)21-15(18-10)7-8-17-16(19)14-6-5-13(22-14)12-4-3-9-20-12/h5-6,12H,3-4,7-9H2,1-2H3,(H,17,19)/t12-/m0/s1.